The SMILES string of the molecule is O=Cc1ccc(-c2cccc(/C=C3\Oc4ccccc4C3=O)c2)cc1. The summed E-state index contributed by atoms with van der Waals surface area (Å²) in [5.41, 5.74) is 4.13. The van der Waals surface area contributed by atoms with Gasteiger partial charge in [0.1, 0.15) is 12.0 Å². The van der Waals surface area contributed by atoms with Gasteiger partial charge in [-0.2, -0.15) is 0 Å². The summed E-state index contributed by atoms with van der Waals surface area (Å²) < 4.78 is 5.67. The average molecular weight is 326 g/mol. The van der Waals surface area contributed by atoms with Crippen LogP contribution in [0.4, 0.5) is 0 Å². The van der Waals surface area contributed by atoms with Crippen LogP contribution in [0, 0.1) is 0 Å². The van der Waals surface area contributed by atoms with Crippen LogP contribution in [0.15, 0.2) is 78.6 Å². The minimum atomic E-state index is -0.101. The second-order valence-corrected chi connectivity index (χ2v) is 5.80. The molecule has 3 aromatic carbocycles. The fraction of sp³-hybridized carbons (Fsp3) is 0. The Morgan fingerprint density at radius 3 is 2.32 bits per heavy atom. The number of fused-ring (bicyclic) bond motifs is 1. The van der Waals surface area contributed by atoms with Gasteiger partial charge in [0.05, 0.1) is 5.56 Å². The highest BCUT2D eigenvalue weighted by atomic mass is 16.5. The lowest BCUT2D eigenvalue weighted by molar-refractivity contribution is 0.101. The normalized spacial score (nSPS) is 14.2. The fourth-order valence-corrected chi connectivity index (χ4v) is 2.85. The van der Waals surface area contributed by atoms with Crippen LogP contribution in [0.1, 0.15) is 26.3 Å². The zero-order valence-corrected chi connectivity index (χ0v) is 13.3. The molecule has 0 saturated heterocycles. The van der Waals surface area contributed by atoms with E-state index >= 15 is 0 Å². The van der Waals surface area contributed by atoms with E-state index in [-0.39, 0.29) is 5.78 Å². The number of allylic oxidation sites excluding steroid dienone is 1. The molecule has 0 N–H and O–H groups in total. The first kappa shape index (κ1) is 15.1. The Morgan fingerprint density at radius 2 is 1.56 bits per heavy atom. The fourth-order valence-electron chi connectivity index (χ4n) is 2.85. The zero-order chi connectivity index (χ0) is 17.2. The molecular formula is C22H14O3. The van der Waals surface area contributed by atoms with Gasteiger partial charge in [0.2, 0.25) is 5.78 Å². The van der Waals surface area contributed by atoms with Gasteiger partial charge in [-0.1, -0.05) is 54.6 Å². The van der Waals surface area contributed by atoms with E-state index in [9.17, 15) is 9.59 Å². The molecule has 0 radical (unpaired) electrons. The molecule has 1 aliphatic rings. The first-order valence-corrected chi connectivity index (χ1v) is 7.93. The van der Waals surface area contributed by atoms with Crippen molar-refractivity contribution in [3.05, 3.63) is 95.2 Å². The molecule has 4 rings (SSSR count). The monoisotopic (exact) mass is 326 g/mol. The third-order valence-corrected chi connectivity index (χ3v) is 4.14. The Kier molecular flexibility index (Phi) is 3.75. The molecule has 1 aliphatic heterocycles. The van der Waals surface area contributed by atoms with Crippen LogP contribution < -0.4 is 4.74 Å². The lowest BCUT2D eigenvalue weighted by Crippen LogP contribution is -1.98. The van der Waals surface area contributed by atoms with Crippen LogP contribution in [-0.4, -0.2) is 12.1 Å². The Hall–Kier alpha value is -3.46. The van der Waals surface area contributed by atoms with Crippen molar-refractivity contribution < 1.29 is 14.3 Å². The summed E-state index contributed by atoms with van der Waals surface area (Å²) in [6.07, 6.45) is 2.58. The van der Waals surface area contributed by atoms with Crippen LogP contribution in [0.5, 0.6) is 5.75 Å². The summed E-state index contributed by atoms with van der Waals surface area (Å²) in [4.78, 5) is 23.2. The summed E-state index contributed by atoms with van der Waals surface area (Å²) in [5.74, 6) is 0.824. The number of ether oxygens (including phenoxy) is 1. The number of carbonyl (C=O) groups excluding carboxylic acids is 2. The highest BCUT2D eigenvalue weighted by Gasteiger charge is 2.26. The number of hydrogen-bond donors (Lipinski definition) is 0. The third kappa shape index (κ3) is 2.88. The van der Waals surface area contributed by atoms with Crippen LogP contribution in [0.25, 0.3) is 17.2 Å². The number of ketones is 1. The Balaban J connectivity index is 1.66. The smallest absolute Gasteiger partial charge is 0.231 e. The molecule has 1 heterocycles. The minimum absolute atomic E-state index is 0.101. The van der Waals surface area contributed by atoms with E-state index in [2.05, 4.69) is 0 Å². The second-order valence-electron chi connectivity index (χ2n) is 5.80. The van der Waals surface area contributed by atoms with Crippen molar-refractivity contribution in [1.82, 2.24) is 0 Å². The van der Waals surface area contributed by atoms with Crippen molar-refractivity contribution in [2.45, 2.75) is 0 Å². The molecule has 25 heavy (non-hydrogen) atoms. The Bertz CT molecular complexity index is 998. The maximum Gasteiger partial charge on any atom is 0.231 e. The van der Waals surface area contributed by atoms with Crippen molar-refractivity contribution in [3.8, 4) is 16.9 Å². The first-order valence-electron chi connectivity index (χ1n) is 7.93. The summed E-state index contributed by atoms with van der Waals surface area (Å²) in [6, 6.07) is 22.5. The number of carbonyl (C=O) groups is 2. The van der Waals surface area contributed by atoms with Gasteiger partial charge in [0, 0.05) is 5.56 Å². The Labute approximate surface area is 145 Å². The summed E-state index contributed by atoms with van der Waals surface area (Å²) in [6.45, 7) is 0. The maximum absolute atomic E-state index is 12.4. The molecule has 3 heteroatoms. The van der Waals surface area contributed by atoms with Gasteiger partial charge >= 0.3 is 0 Å². The number of hydrogen-bond acceptors (Lipinski definition) is 3. The van der Waals surface area contributed by atoms with Crippen LogP contribution in [0.3, 0.4) is 0 Å². The predicted octanol–water partition coefficient (Wildman–Crippen LogP) is 4.78. The molecule has 0 bridgehead atoms. The summed E-state index contributed by atoms with van der Waals surface area (Å²) >= 11 is 0. The van der Waals surface area contributed by atoms with Crippen LogP contribution in [0.2, 0.25) is 0 Å². The van der Waals surface area contributed by atoms with Crippen molar-refractivity contribution in [2.75, 3.05) is 0 Å². The number of rotatable bonds is 3. The van der Waals surface area contributed by atoms with Crippen LogP contribution >= 0.6 is 0 Å². The van der Waals surface area contributed by atoms with Gasteiger partial charge in [-0.15, -0.1) is 0 Å². The van der Waals surface area contributed by atoms with Crippen molar-refractivity contribution >= 4 is 18.1 Å². The first-order chi connectivity index (χ1) is 12.2. The van der Waals surface area contributed by atoms with E-state index in [0.717, 1.165) is 23.0 Å². The molecule has 0 unspecified atom stereocenters. The van der Waals surface area contributed by atoms with Gasteiger partial charge in [0.15, 0.2) is 5.76 Å². The van der Waals surface area contributed by atoms with E-state index in [1.165, 1.54) is 0 Å². The molecule has 3 aromatic rings. The van der Waals surface area contributed by atoms with Gasteiger partial charge in [0.25, 0.3) is 0 Å². The Morgan fingerprint density at radius 1 is 0.760 bits per heavy atom. The largest absolute Gasteiger partial charge is 0.452 e. The van der Waals surface area contributed by atoms with Crippen molar-refractivity contribution in [3.63, 3.8) is 0 Å². The molecule has 3 nitrogen and oxygen atoms in total. The molecule has 0 saturated carbocycles. The topological polar surface area (TPSA) is 43.4 Å². The van der Waals surface area contributed by atoms with E-state index in [1.54, 1.807) is 30.3 Å². The molecule has 0 atom stereocenters. The van der Waals surface area contributed by atoms with Gasteiger partial charge < -0.3 is 4.74 Å². The highest BCUT2D eigenvalue weighted by Crippen LogP contribution is 2.31. The number of benzene rings is 3. The number of aldehydes is 1. The predicted molar refractivity (Wildman–Crippen MR) is 96.6 cm³/mol. The second kappa shape index (κ2) is 6.21. The molecular weight excluding hydrogens is 312 g/mol. The van der Waals surface area contributed by atoms with E-state index in [1.807, 2.05) is 48.5 Å². The number of para-hydroxylation sites is 1. The van der Waals surface area contributed by atoms with Crippen molar-refractivity contribution in [1.29, 1.82) is 0 Å². The van der Waals surface area contributed by atoms with Gasteiger partial charge in [-0.25, -0.2) is 0 Å². The molecule has 0 fully saturated rings. The van der Waals surface area contributed by atoms with Gasteiger partial charge in [-0.3, -0.25) is 9.59 Å². The standard InChI is InChI=1S/C22H14O3/c23-14-15-8-10-17(11-9-15)18-5-3-4-16(12-18)13-21-22(24)19-6-1-2-7-20(19)25-21/h1-14H/b21-13-. The summed E-state index contributed by atoms with van der Waals surface area (Å²) in [7, 11) is 0. The molecule has 0 spiro atoms. The zero-order valence-electron chi connectivity index (χ0n) is 13.3. The quantitative estimate of drug-likeness (QED) is 0.514. The summed E-state index contributed by atoms with van der Waals surface area (Å²) in [5, 5.41) is 0. The van der Waals surface area contributed by atoms with E-state index < -0.39 is 0 Å². The van der Waals surface area contributed by atoms with Crippen LogP contribution in [-0.2, 0) is 0 Å². The highest BCUT2D eigenvalue weighted by molar-refractivity contribution is 6.14. The third-order valence-electron chi connectivity index (χ3n) is 4.14. The lowest BCUT2D eigenvalue weighted by atomic mass is 10.0. The average Bonchev–Trinajstić information content (AvgIpc) is 2.98. The van der Waals surface area contributed by atoms with Gasteiger partial charge in [-0.05, 0) is 41.0 Å². The minimum Gasteiger partial charge on any atom is -0.452 e. The number of Topliss-reactive ketones (excluding diaryl/α,β-unsaturated/α-hetero) is 1. The van der Waals surface area contributed by atoms with E-state index in [4.69, 9.17) is 4.74 Å². The maximum atomic E-state index is 12.4. The molecule has 0 aromatic heterocycles. The van der Waals surface area contributed by atoms with Crippen molar-refractivity contribution in [2.24, 2.45) is 0 Å². The molecule has 120 valence electrons. The lowest BCUT2D eigenvalue weighted by Gasteiger charge is -2.04. The molecule has 0 aliphatic carbocycles. The van der Waals surface area contributed by atoms with E-state index in [0.29, 0.717) is 22.6 Å². The molecule has 0 amide bonds.